The zero-order valence-corrected chi connectivity index (χ0v) is 13.4. The van der Waals surface area contributed by atoms with Crippen molar-refractivity contribution in [3.05, 3.63) is 75.4 Å². The highest BCUT2D eigenvalue weighted by Crippen LogP contribution is 2.33. The van der Waals surface area contributed by atoms with Crippen LogP contribution in [0.3, 0.4) is 0 Å². The first-order valence-electron chi connectivity index (χ1n) is 6.45. The van der Waals surface area contributed by atoms with E-state index in [1.807, 2.05) is 48.5 Å². The first kappa shape index (κ1) is 14.5. The lowest BCUT2D eigenvalue weighted by Crippen LogP contribution is -2.29. The zero-order chi connectivity index (χ0) is 14.8. The van der Waals surface area contributed by atoms with Crippen molar-refractivity contribution in [3.63, 3.8) is 0 Å². The predicted octanol–water partition coefficient (Wildman–Crippen LogP) is 4.20. The van der Waals surface area contributed by atoms with Crippen LogP contribution in [0.4, 0.5) is 0 Å². The number of nitrogens with zero attached hydrogens (tertiary/aromatic N) is 1. The van der Waals surface area contributed by atoms with Gasteiger partial charge in [0, 0.05) is 21.1 Å². The summed E-state index contributed by atoms with van der Waals surface area (Å²) in [4.78, 5) is 4.38. The second-order valence-electron chi connectivity index (χ2n) is 4.68. The van der Waals surface area contributed by atoms with Crippen LogP contribution in [-0.2, 0) is 0 Å². The van der Waals surface area contributed by atoms with E-state index < -0.39 is 0 Å². The number of nitrogens with one attached hydrogen (secondary N) is 1. The minimum absolute atomic E-state index is 0.206. The normalized spacial score (nSPS) is 12.5. The Morgan fingerprint density at radius 3 is 2.76 bits per heavy atom. The van der Waals surface area contributed by atoms with Gasteiger partial charge < -0.3 is 0 Å². The molecule has 0 aliphatic carbocycles. The molecule has 3 rings (SSSR count). The summed E-state index contributed by atoms with van der Waals surface area (Å²) in [7, 11) is 0. The third kappa shape index (κ3) is 2.80. The quantitative estimate of drug-likeness (QED) is 0.542. The van der Waals surface area contributed by atoms with Crippen molar-refractivity contribution in [3.8, 4) is 0 Å². The van der Waals surface area contributed by atoms with Gasteiger partial charge in [-0.25, -0.2) is 5.43 Å². The molecule has 0 saturated carbocycles. The van der Waals surface area contributed by atoms with Gasteiger partial charge in [0.25, 0.3) is 0 Å². The molecule has 0 fully saturated rings. The minimum Gasteiger partial charge on any atom is -0.271 e. The topological polar surface area (TPSA) is 50.9 Å². The molecule has 3 nitrogen and oxygen atoms in total. The van der Waals surface area contributed by atoms with E-state index in [0.717, 1.165) is 26.5 Å². The van der Waals surface area contributed by atoms with Crippen LogP contribution in [0.25, 0.3) is 10.9 Å². The summed E-state index contributed by atoms with van der Waals surface area (Å²) >= 11 is 9.82. The maximum atomic E-state index is 6.34. The monoisotopic (exact) mass is 361 g/mol. The van der Waals surface area contributed by atoms with Gasteiger partial charge >= 0.3 is 0 Å². The Labute approximate surface area is 136 Å². The molecule has 0 aliphatic rings. The Balaban J connectivity index is 2.21. The van der Waals surface area contributed by atoms with Gasteiger partial charge in [-0.15, -0.1) is 0 Å². The van der Waals surface area contributed by atoms with Crippen molar-refractivity contribution in [2.45, 2.75) is 6.04 Å². The molecule has 1 unspecified atom stereocenters. The molecule has 1 aromatic heterocycles. The second-order valence-corrected chi connectivity index (χ2v) is 6.01. The third-order valence-corrected chi connectivity index (χ3v) is 4.26. The number of halogens is 2. The summed E-state index contributed by atoms with van der Waals surface area (Å²) in [6.07, 6.45) is 1.78. The van der Waals surface area contributed by atoms with Crippen LogP contribution < -0.4 is 11.3 Å². The Morgan fingerprint density at radius 2 is 1.95 bits per heavy atom. The maximum Gasteiger partial charge on any atom is 0.0731 e. The second kappa shape index (κ2) is 6.12. The number of hydrazine groups is 1. The van der Waals surface area contributed by atoms with Gasteiger partial charge in [-0.1, -0.05) is 45.7 Å². The molecule has 3 aromatic rings. The molecular formula is C16H13BrClN3. The van der Waals surface area contributed by atoms with Gasteiger partial charge in [-0.2, -0.15) is 0 Å². The maximum absolute atomic E-state index is 6.34. The molecule has 0 aliphatic heterocycles. The average Bonchev–Trinajstić information content (AvgIpc) is 2.51. The Kier molecular flexibility index (Phi) is 4.22. The van der Waals surface area contributed by atoms with Crippen molar-refractivity contribution >= 4 is 38.4 Å². The summed E-state index contributed by atoms with van der Waals surface area (Å²) in [6, 6.07) is 15.5. The highest BCUT2D eigenvalue weighted by atomic mass is 79.9. The van der Waals surface area contributed by atoms with Gasteiger partial charge in [0.2, 0.25) is 0 Å². The number of rotatable bonds is 3. The summed E-state index contributed by atoms with van der Waals surface area (Å²) in [5, 5.41) is 1.72. The molecule has 0 radical (unpaired) electrons. The molecule has 106 valence electrons. The van der Waals surface area contributed by atoms with Gasteiger partial charge in [-0.05, 0) is 41.5 Å². The van der Waals surface area contributed by atoms with E-state index in [-0.39, 0.29) is 6.04 Å². The molecule has 21 heavy (non-hydrogen) atoms. The van der Waals surface area contributed by atoms with Crippen LogP contribution in [-0.4, -0.2) is 4.98 Å². The van der Waals surface area contributed by atoms with E-state index >= 15 is 0 Å². The number of hydrogen-bond donors (Lipinski definition) is 2. The van der Waals surface area contributed by atoms with Crippen LogP contribution >= 0.6 is 27.5 Å². The highest BCUT2D eigenvalue weighted by Gasteiger charge is 2.18. The SMILES string of the molecule is NNC(c1cc(Br)ccc1Cl)c1cccc2ncccc12. The van der Waals surface area contributed by atoms with E-state index in [9.17, 15) is 0 Å². The summed E-state index contributed by atoms with van der Waals surface area (Å²) in [6.45, 7) is 0. The van der Waals surface area contributed by atoms with Crippen LogP contribution in [0, 0.1) is 0 Å². The fourth-order valence-corrected chi connectivity index (χ4v) is 3.07. The van der Waals surface area contributed by atoms with Gasteiger partial charge in [-0.3, -0.25) is 10.8 Å². The number of pyridine rings is 1. The number of benzene rings is 2. The first-order valence-corrected chi connectivity index (χ1v) is 7.62. The number of nitrogens with two attached hydrogens (primary N) is 1. The standard InChI is InChI=1S/C16H13BrClN3/c17-10-6-7-14(18)13(9-10)16(21-19)12-3-1-5-15-11(12)4-2-8-20-15/h1-9,16,21H,19H2. The lowest BCUT2D eigenvalue weighted by molar-refractivity contribution is 0.641. The van der Waals surface area contributed by atoms with Crippen molar-refractivity contribution < 1.29 is 0 Å². The van der Waals surface area contributed by atoms with Crippen molar-refractivity contribution in [1.29, 1.82) is 0 Å². The molecular weight excluding hydrogens is 350 g/mol. The molecule has 0 saturated heterocycles. The molecule has 0 bridgehead atoms. The predicted molar refractivity (Wildman–Crippen MR) is 90.1 cm³/mol. The smallest absolute Gasteiger partial charge is 0.0731 e. The highest BCUT2D eigenvalue weighted by molar-refractivity contribution is 9.10. The van der Waals surface area contributed by atoms with Crippen molar-refractivity contribution in [2.75, 3.05) is 0 Å². The molecule has 1 atom stereocenters. The minimum atomic E-state index is -0.206. The van der Waals surface area contributed by atoms with E-state index in [4.69, 9.17) is 17.4 Å². The van der Waals surface area contributed by atoms with Crippen LogP contribution in [0.5, 0.6) is 0 Å². The van der Waals surface area contributed by atoms with Crippen LogP contribution in [0.15, 0.2) is 59.2 Å². The first-order chi connectivity index (χ1) is 10.2. The molecule has 0 amide bonds. The zero-order valence-electron chi connectivity index (χ0n) is 11.1. The Bertz CT molecular complexity index is 786. The Morgan fingerprint density at radius 1 is 1.10 bits per heavy atom. The fraction of sp³-hybridized carbons (Fsp3) is 0.0625. The van der Waals surface area contributed by atoms with Crippen molar-refractivity contribution in [2.24, 2.45) is 5.84 Å². The average molecular weight is 363 g/mol. The van der Waals surface area contributed by atoms with Gasteiger partial charge in [0.1, 0.15) is 0 Å². The fourth-order valence-electron chi connectivity index (χ4n) is 2.46. The molecule has 1 heterocycles. The van der Waals surface area contributed by atoms with Gasteiger partial charge in [0.05, 0.1) is 11.6 Å². The third-order valence-electron chi connectivity index (χ3n) is 3.43. The lowest BCUT2D eigenvalue weighted by atomic mass is 9.95. The van der Waals surface area contributed by atoms with E-state index in [1.54, 1.807) is 6.20 Å². The van der Waals surface area contributed by atoms with Gasteiger partial charge in [0.15, 0.2) is 0 Å². The van der Waals surface area contributed by atoms with Crippen LogP contribution in [0.2, 0.25) is 5.02 Å². The summed E-state index contributed by atoms with van der Waals surface area (Å²) < 4.78 is 0.959. The number of fused-ring (bicyclic) bond motifs is 1. The summed E-state index contributed by atoms with van der Waals surface area (Å²) in [5.41, 5.74) is 5.76. The summed E-state index contributed by atoms with van der Waals surface area (Å²) in [5.74, 6) is 5.80. The number of hydrogen-bond acceptors (Lipinski definition) is 3. The van der Waals surface area contributed by atoms with Crippen molar-refractivity contribution in [1.82, 2.24) is 10.4 Å². The largest absolute Gasteiger partial charge is 0.271 e. The Hall–Kier alpha value is -1.46. The molecule has 3 N–H and O–H groups in total. The number of aromatic nitrogens is 1. The van der Waals surface area contributed by atoms with Crippen LogP contribution in [0.1, 0.15) is 17.2 Å². The van der Waals surface area contributed by atoms with E-state index in [0.29, 0.717) is 5.02 Å². The molecule has 5 heteroatoms. The van der Waals surface area contributed by atoms with E-state index in [1.165, 1.54) is 0 Å². The lowest BCUT2D eigenvalue weighted by Gasteiger charge is -2.20. The van der Waals surface area contributed by atoms with E-state index in [2.05, 4.69) is 26.3 Å². The molecule has 0 spiro atoms. The molecule has 2 aromatic carbocycles.